The predicted octanol–water partition coefficient (Wildman–Crippen LogP) is 1.37. The summed E-state index contributed by atoms with van der Waals surface area (Å²) in [6.45, 7) is 6.46. The largest absolute Gasteiger partial charge is 0.484 e. The van der Waals surface area contributed by atoms with Gasteiger partial charge in [-0.1, -0.05) is 25.1 Å². The molecule has 1 amide bonds. The summed E-state index contributed by atoms with van der Waals surface area (Å²) >= 11 is 0. The van der Waals surface area contributed by atoms with E-state index in [0.29, 0.717) is 0 Å². The highest BCUT2D eigenvalue weighted by atomic mass is 16.5. The third-order valence-electron chi connectivity index (χ3n) is 5.46. The number of carbonyl (C=O) groups excluding carboxylic acids is 1. The number of nitrogens with one attached hydrogen (secondary N) is 1. The lowest BCUT2D eigenvalue weighted by molar-refractivity contribution is -0.930. The minimum absolute atomic E-state index is 0.116. The molecule has 1 aliphatic heterocycles. The fourth-order valence-corrected chi connectivity index (χ4v) is 3.87. The molecule has 126 valence electrons. The molecular weight excluding hydrogens is 288 g/mol. The molecule has 1 aliphatic carbocycles. The molecule has 0 radical (unpaired) electrons. The van der Waals surface area contributed by atoms with Crippen molar-refractivity contribution in [1.29, 1.82) is 0 Å². The van der Waals surface area contributed by atoms with Gasteiger partial charge in [0.25, 0.3) is 5.91 Å². The Morgan fingerprint density at radius 3 is 2.43 bits per heavy atom. The van der Waals surface area contributed by atoms with Crippen molar-refractivity contribution in [3.63, 3.8) is 0 Å². The first-order valence-corrected chi connectivity index (χ1v) is 9.02. The van der Waals surface area contributed by atoms with E-state index < -0.39 is 0 Å². The average Bonchev–Trinajstić information content (AvgIpc) is 2.61. The number of hydrogen-bond donors (Lipinski definition) is 1. The normalized spacial score (nSPS) is 26.0. The van der Waals surface area contributed by atoms with Gasteiger partial charge in [-0.3, -0.25) is 4.79 Å². The number of para-hydroxylation sites is 1. The number of benzene rings is 1. The molecule has 0 atom stereocenters. The number of nitrogens with zero attached hydrogens (tertiary/aromatic N) is 1. The van der Waals surface area contributed by atoms with Crippen LogP contribution < -0.4 is 9.64 Å². The quantitative estimate of drug-likeness (QED) is 0.910. The third kappa shape index (κ3) is 4.47. The molecule has 0 aromatic heterocycles. The number of hydrogen-bond acceptors (Lipinski definition) is 2. The Morgan fingerprint density at radius 1 is 1.13 bits per heavy atom. The first-order valence-electron chi connectivity index (χ1n) is 9.02. The lowest BCUT2D eigenvalue weighted by atomic mass is 9.86. The summed E-state index contributed by atoms with van der Waals surface area (Å²) in [7, 11) is 0. The van der Waals surface area contributed by atoms with Crippen LogP contribution in [0.1, 0.15) is 32.6 Å². The van der Waals surface area contributed by atoms with E-state index in [1.165, 1.54) is 25.7 Å². The number of piperazine rings is 1. The first kappa shape index (κ1) is 16.3. The van der Waals surface area contributed by atoms with Gasteiger partial charge in [-0.25, -0.2) is 0 Å². The second-order valence-electron chi connectivity index (χ2n) is 7.10. The number of amides is 1. The standard InChI is InChI=1S/C19H28N2O2/c1-16-7-9-17(10-8-16)20-11-13-21(14-12-20)19(22)15-23-18-5-3-2-4-6-18/h2-6,16-17H,7-15H2,1H3/p+1. The van der Waals surface area contributed by atoms with Gasteiger partial charge in [0, 0.05) is 0 Å². The van der Waals surface area contributed by atoms with Gasteiger partial charge in [0.05, 0.1) is 32.2 Å². The molecule has 1 saturated heterocycles. The predicted molar refractivity (Wildman–Crippen MR) is 90.6 cm³/mol. The van der Waals surface area contributed by atoms with Gasteiger partial charge in [-0.05, 0) is 43.7 Å². The van der Waals surface area contributed by atoms with Crippen LogP contribution in [0.2, 0.25) is 0 Å². The van der Waals surface area contributed by atoms with Gasteiger partial charge in [0.1, 0.15) is 5.75 Å². The minimum Gasteiger partial charge on any atom is -0.484 e. The molecule has 4 nitrogen and oxygen atoms in total. The van der Waals surface area contributed by atoms with Crippen LogP contribution in [0.3, 0.4) is 0 Å². The molecule has 0 bridgehead atoms. The van der Waals surface area contributed by atoms with Crippen LogP contribution in [0.4, 0.5) is 0 Å². The Hall–Kier alpha value is -1.55. The molecule has 1 aromatic rings. The van der Waals surface area contributed by atoms with Crippen LogP contribution in [-0.4, -0.2) is 49.6 Å². The highest BCUT2D eigenvalue weighted by Crippen LogP contribution is 2.22. The molecule has 1 heterocycles. The third-order valence-corrected chi connectivity index (χ3v) is 5.46. The smallest absolute Gasteiger partial charge is 0.260 e. The Bertz CT molecular complexity index is 489. The fraction of sp³-hybridized carbons (Fsp3) is 0.632. The highest BCUT2D eigenvalue weighted by molar-refractivity contribution is 5.77. The SMILES string of the molecule is CC1CCC([NH+]2CCN(C(=O)COc3ccccc3)CC2)CC1. The molecule has 1 N–H and O–H groups in total. The molecule has 1 aromatic carbocycles. The Morgan fingerprint density at radius 2 is 1.78 bits per heavy atom. The zero-order valence-corrected chi connectivity index (χ0v) is 14.2. The van der Waals surface area contributed by atoms with E-state index in [9.17, 15) is 4.79 Å². The lowest BCUT2D eigenvalue weighted by Crippen LogP contribution is -3.18. The van der Waals surface area contributed by atoms with E-state index in [1.54, 1.807) is 4.90 Å². The van der Waals surface area contributed by atoms with Gasteiger partial charge in [0.2, 0.25) is 0 Å². The maximum atomic E-state index is 12.3. The Balaban J connectivity index is 1.40. The van der Waals surface area contributed by atoms with Gasteiger partial charge in [-0.2, -0.15) is 0 Å². The van der Waals surface area contributed by atoms with Crippen LogP contribution in [0.15, 0.2) is 30.3 Å². The number of carbonyl (C=O) groups is 1. The topological polar surface area (TPSA) is 34.0 Å². The monoisotopic (exact) mass is 317 g/mol. The van der Waals surface area contributed by atoms with E-state index in [2.05, 4.69) is 6.92 Å². The summed E-state index contributed by atoms with van der Waals surface area (Å²) in [5.74, 6) is 1.79. The lowest BCUT2D eigenvalue weighted by Gasteiger charge is -2.38. The van der Waals surface area contributed by atoms with Crippen molar-refractivity contribution < 1.29 is 14.4 Å². The van der Waals surface area contributed by atoms with E-state index in [-0.39, 0.29) is 12.5 Å². The van der Waals surface area contributed by atoms with E-state index in [4.69, 9.17) is 4.74 Å². The maximum Gasteiger partial charge on any atom is 0.260 e. The zero-order chi connectivity index (χ0) is 16.1. The fourth-order valence-electron chi connectivity index (χ4n) is 3.87. The van der Waals surface area contributed by atoms with Crippen LogP contribution in [0.5, 0.6) is 5.75 Å². The zero-order valence-electron chi connectivity index (χ0n) is 14.2. The van der Waals surface area contributed by atoms with Gasteiger partial charge in [-0.15, -0.1) is 0 Å². The molecule has 0 spiro atoms. The molecule has 3 rings (SSSR count). The van der Waals surface area contributed by atoms with E-state index in [1.807, 2.05) is 35.2 Å². The number of ether oxygens (including phenoxy) is 1. The molecule has 2 fully saturated rings. The Kier molecular flexibility index (Phi) is 5.55. The summed E-state index contributed by atoms with van der Waals surface area (Å²) in [5.41, 5.74) is 0. The summed E-state index contributed by atoms with van der Waals surface area (Å²) in [5, 5.41) is 0. The first-order chi connectivity index (χ1) is 11.2. The maximum absolute atomic E-state index is 12.3. The van der Waals surface area contributed by atoms with Gasteiger partial charge >= 0.3 is 0 Å². The van der Waals surface area contributed by atoms with Crippen LogP contribution in [0.25, 0.3) is 0 Å². The Labute approximate surface area is 139 Å². The minimum atomic E-state index is 0.116. The van der Waals surface area contributed by atoms with Crippen LogP contribution in [-0.2, 0) is 4.79 Å². The van der Waals surface area contributed by atoms with Crippen molar-refractivity contribution in [2.75, 3.05) is 32.8 Å². The second-order valence-corrected chi connectivity index (χ2v) is 7.10. The highest BCUT2D eigenvalue weighted by Gasteiger charge is 2.31. The summed E-state index contributed by atoms with van der Waals surface area (Å²) < 4.78 is 5.58. The van der Waals surface area contributed by atoms with E-state index in [0.717, 1.165) is 43.9 Å². The average molecular weight is 317 g/mol. The molecule has 23 heavy (non-hydrogen) atoms. The van der Waals surface area contributed by atoms with Crippen LogP contribution in [0, 0.1) is 5.92 Å². The number of quaternary nitrogens is 1. The molecule has 4 heteroatoms. The van der Waals surface area contributed by atoms with E-state index >= 15 is 0 Å². The van der Waals surface area contributed by atoms with Crippen molar-refractivity contribution in [3.8, 4) is 5.75 Å². The summed E-state index contributed by atoms with van der Waals surface area (Å²) in [6, 6.07) is 10.4. The van der Waals surface area contributed by atoms with Crippen molar-refractivity contribution in [2.45, 2.75) is 38.6 Å². The molecule has 0 unspecified atom stereocenters. The van der Waals surface area contributed by atoms with Gasteiger partial charge in [0.15, 0.2) is 6.61 Å². The van der Waals surface area contributed by atoms with Crippen molar-refractivity contribution in [1.82, 2.24) is 4.90 Å². The van der Waals surface area contributed by atoms with Crippen LogP contribution >= 0.6 is 0 Å². The second kappa shape index (κ2) is 7.82. The summed E-state index contributed by atoms with van der Waals surface area (Å²) in [4.78, 5) is 16.0. The number of rotatable bonds is 4. The summed E-state index contributed by atoms with van der Waals surface area (Å²) in [6.07, 6.45) is 5.48. The van der Waals surface area contributed by atoms with Crippen molar-refractivity contribution in [2.24, 2.45) is 5.92 Å². The van der Waals surface area contributed by atoms with Gasteiger partial charge < -0.3 is 14.5 Å². The molecule has 1 saturated carbocycles. The van der Waals surface area contributed by atoms with Crippen molar-refractivity contribution >= 4 is 5.91 Å². The molecular formula is C19H29N2O2+. The van der Waals surface area contributed by atoms with Crippen molar-refractivity contribution in [3.05, 3.63) is 30.3 Å². The molecule has 2 aliphatic rings.